The predicted octanol–water partition coefficient (Wildman–Crippen LogP) is 3.55. The molecular weight excluding hydrogens is 376 g/mol. The molecule has 0 saturated carbocycles. The normalized spacial score (nSPS) is 19.8. The third-order valence-corrected chi connectivity index (χ3v) is 6.10. The summed E-state index contributed by atoms with van der Waals surface area (Å²) in [4.78, 5) is 30.4. The fraction of sp³-hybridized carbons (Fsp3) is 0.360. The van der Waals surface area contributed by atoms with Crippen LogP contribution in [-0.4, -0.2) is 41.5 Å². The van der Waals surface area contributed by atoms with Crippen LogP contribution in [0.5, 0.6) is 0 Å². The van der Waals surface area contributed by atoms with E-state index in [4.69, 9.17) is 0 Å². The van der Waals surface area contributed by atoms with E-state index >= 15 is 0 Å². The van der Waals surface area contributed by atoms with Gasteiger partial charge in [0.2, 0.25) is 0 Å². The molecule has 2 aromatic carbocycles. The summed E-state index contributed by atoms with van der Waals surface area (Å²) in [6, 6.07) is 15.4. The molecule has 2 heterocycles. The maximum absolute atomic E-state index is 13.6. The zero-order valence-electron chi connectivity index (χ0n) is 17.6. The van der Waals surface area contributed by atoms with Gasteiger partial charge in [-0.15, -0.1) is 0 Å². The van der Waals surface area contributed by atoms with Gasteiger partial charge in [-0.2, -0.15) is 0 Å². The molecule has 0 spiro atoms. The highest BCUT2D eigenvalue weighted by atomic mass is 16.3. The first-order chi connectivity index (χ1) is 14.5. The second kappa shape index (κ2) is 8.44. The molecule has 1 saturated heterocycles. The number of carbonyl (C=O) groups excluding carboxylic acids is 2. The van der Waals surface area contributed by atoms with E-state index in [1.165, 1.54) is 4.90 Å². The summed E-state index contributed by atoms with van der Waals surface area (Å²) >= 11 is 0. The lowest BCUT2D eigenvalue weighted by Crippen LogP contribution is -2.40. The quantitative estimate of drug-likeness (QED) is 0.775. The fourth-order valence-electron chi connectivity index (χ4n) is 4.32. The number of hydrogen-bond acceptors (Lipinski definition) is 4. The lowest BCUT2D eigenvalue weighted by molar-refractivity contribution is -0.120. The first-order valence-electron chi connectivity index (χ1n) is 10.7. The molecule has 1 fully saturated rings. The Morgan fingerprint density at radius 3 is 2.33 bits per heavy atom. The van der Waals surface area contributed by atoms with E-state index in [9.17, 15) is 14.7 Å². The third kappa shape index (κ3) is 3.65. The van der Waals surface area contributed by atoms with Gasteiger partial charge in [0.25, 0.3) is 11.8 Å². The number of piperidine rings is 1. The molecule has 1 N–H and O–H groups in total. The first kappa shape index (κ1) is 20.4. The van der Waals surface area contributed by atoms with Gasteiger partial charge in [-0.1, -0.05) is 48.9 Å². The Morgan fingerprint density at radius 2 is 1.70 bits per heavy atom. The largest absolute Gasteiger partial charge is 0.396 e. The van der Waals surface area contributed by atoms with E-state index < -0.39 is 0 Å². The lowest BCUT2D eigenvalue weighted by atomic mass is 9.96. The average molecular weight is 405 g/mol. The van der Waals surface area contributed by atoms with Crippen molar-refractivity contribution in [2.45, 2.75) is 33.1 Å². The number of likely N-dealkylation sites (tertiary alicyclic amines) is 1. The summed E-state index contributed by atoms with van der Waals surface area (Å²) in [6.07, 6.45) is 2.73. The summed E-state index contributed by atoms with van der Waals surface area (Å²) in [6.45, 7) is 5.46. The smallest absolute Gasteiger partial charge is 0.282 e. The van der Waals surface area contributed by atoms with Crippen LogP contribution in [0, 0.1) is 12.8 Å². The standard InChI is InChI=1S/C25H28N2O3/c1-3-18-8-12-21(13-9-18)27-24(29)22(20-10-6-17(2)7-11-20)23(25(27)30)26-14-4-5-19(15-26)16-28/h6-13,19,28H,3-5,14-16H2,1-2H3. The Bertz CT molecular complexity index is 976. The second-order valence-electron chi connectivity index (χ2n) is 8.19. The van der Waals surface area contributed by atoms with Crippen molar-refractivity contribution in [3.63, 3.8) is 0 Å². The first-order valence-corrected chi connectivity index (χ1v) is 10.7. The van der Waals surface area contributed by atoms with Gasteiger partial charge in [-0.05, 0) is 55.4 Å². The molecule has 1 atom stereocenters. The van der Waals surface area contributed by atoms with Crippen molar-refractivity contribution in [2.24, 2.45) is 5.92 Å². The zero-order chi connectivity index (χ0) is 21.3. The number of aliphatic hydroxyl groups excluding tert-OH is 1. The Hall–Kier alpha value is -2.92. The van der Waals surface area contributed by atoms with E-state index in [1.807, 2.05) is 60.4 Å². The van der Waals surface area contributed by atoms with Gasteiger partial charge in [0.15, 0.2) is 0 Å². The van der Waals surface area contributed by atoms with Crippen molar-refractivity contribution in [3.8, 4) is 0 Å². The van der Waals surface area contributed by atoms with Crippen LogP contribution in [0.2, 0.25) is 0 Å². The molecule has 2 amide bonds. The molecule has 5 nitrogen and oxygen atoms in total. The minimum absolute atomic E-state index is 0.0912. The number of nitrogens with zero attached hydrogens (tertiary/aromatic N) is 2. The number of hydrogen-bond donors (Lipinski definition) is 1. The molecule has 5 heteroatoms. The van der Waals surface area contributed by atoms with Crippen molar-refractivity contribution < 1.29 is 14.7 Å². The molecule has 2 aliphatic heterocycles. The molecule has 2 aromatic rings. The SMILES string of the molecule is CCc1ccc(N2C(=O)C(c3ccc(C)cc3)=C(N3CCCC(CO)C3)C2=O)cc1. The highest BCUT2D eigenvalue weighted by Gasteiger charge is 2.43. The van der Waals surface area contributed by atoms with Gasteiger partial charge in [0.1, 0.15) is 5.70 Å². The molecule has 0 radical (unpaired) electrons. The zero-order valence-corrected chi connectivity index (χ0v) is 17.6. The number of anilines is 1. The maximum atomic E-state index is 13.6. The molecule has 0 aliphatic carbocycles. The second-order valence-corrected chi connectivity index (χ2v) is 8.19. The van der Waals surface area contributed by atoms with Crippen LogP contribution in [0.25, 0.3) is 5.57 Å². The van der Waals surface area contributed by atoms with Gasteiger partial charge in [0, 0.05) is 19.7 Å². The third-order valence-electron chi connectivity index (χ3n) is 6.10. The van der Waals surface area contributed by atoms with E-state index in [1.54, 1.807) is 0 Å². The van der Waals surface area contributed by atoms with E-state index in [0.29, 0.717) is 30.0 Å². The topological polar surface area (TPSA) is 60.9 Å². The van der Waals surface area contributed by atoms with E-state index in [-0.39, 0.29) is 24.3 Å². The van der Waals surface area contributed by atoms with Crippen LogP contribution in [0.15, 0.2) is 54.2 Å². The van der Waals surface area contributed by atoms with Crippen molar-refractivity contribution in [3.05, 3.63) is 70.9 Å². The Labute approximate surface area is 177 Å². The molecule has 0 bridgehead atoms. The fourth-order valence-corrected chi connectivity index (χ4v) is 4.32. The minimum atomic E-state index is -0.283. The van der Waals surface area contributed by atoms with Crippen LogP contribution in [0.3, 0.4) is 0 Å². The molecule has 30 heavy (non-hydrogen) atoms. The monoisotopic (exact) mass is 404 g/mol. The molecule has 156 valence electrons. The summed E-state index contributed by atoms with van der Waals surface area (Å²) in [7, 11) is 0. The van der Waals surface area contributed by atoms with Gasteiger partial charge < -0.3 is 10.0 Å². The number of benzene rings is 2. The molecule has 1 unspecified atom stereocenters. The highest BCUT2D eigenvalue weighted by Crippen LogP contribution is 2.36. The van der Waals surface area contributed by atoms with Crippen molar-refractivity contribution in [2.75, 3.05) is 24.6 Å². The van der Waals surface area contributed by atoms with Crippen molar-refractivity contribution >= 4 is 23.1 Å². The lowest BCUT2D eigenvalue weighted by Gasteiger charge is -2.34. The number of imide groups is 1. The number of rotatable bonds is 5. The van der Waals surface area contributed by atoms with Crippen LogP contribution in [0.1, 0.15) is 36.5 Å². The Morgan fingerprint density at radius 1 is 1.00 bits per heavy atom. The van der Waals surface area contributed by atoms with Crippen LogP contribution >= 0.6 is 0 Å². The van der Waals surface area contributed by atoms with Gasteiger partial charge in [-0.3, -0.25) is 9.59 Å². The van der Waals surface area contributed by atoms with Gasteiger partial charge >= 0.3 is 0 Å². The Kier molecular flexibility index (Phi) is 5.73. The van der Waals surface area contributed by atoms with Crippen LogP contribution in [0.4, 0.5) is 5.69 Å². The van der Waals surface area contributed by atoms with Crippen LogP contribution in [-0.2, 0) is 16.0 Å². The molecular formula is C25H28N2O3. The number of aryl methyl sites for hydroxylation is 2. The molecule has 0 aromatic heterocycles. The maximum Gasteiger partial charge on any atom is 0.282 e. The van der Waals surface area contributed by atoms with Crippen molar-refractivity contribution in [1.82, 2.24) is 4.90 Å². The molecule has 2 aliphatic rings. The Balaban J connectivity index is 1.78. The summed E-state index contributed by atoms with van der Waals surface area (Å²) in [5, 5.41) is 9.66. The minimum Gasteiger partial charge on any atom is -0.396 e. The van der Waals surface area contributed by atoms with Gasteiger partial charge in [-0.25, -0.2) is 4.90 Å². The summed E-state index contributed by atoms with van der Waals surface area (Å²) in [5.41, 5.74) is 4.53. The van der Waals surface area contributed by atoms with E-state index in [2.05, 4.69) is 6.92 Å². The highest BCUT2D eigenvalue weighted by molar-refractivity contribution is 6.45. The summed E-state index contributed by atoms with van der Waals surface area (Å²) in [5.74, 6) is -0.445. The number of carbonyl (C=O) groups is 2. The number of amides is 2. The van der Waals surface area contributed by atoms with E-state index in [0.717, 1.165) is 36.0 Å². The molecule has 4 rings (SSSR count). The average Bonchev–Trinajstić information content (AvgIpc) is 3.04. The van der Waals surface area contributed by atoms with Crippen LogP contribution < -0.4 is 4.90 Å². The number of aliphatic hydroxyl groups is 1. The predicted molar refractivity (Wildman–Crippen MR) is 118 cm³/mol. The summed E-state index contributed by atoms with van der Waals surface area (Å²) < 4.78 is 0. The van der Waals surface area contributed by atoms with Gasteiger partial charge in [0.05, 0.1) is 11.3 Å². The van der Waals surface area contributed by atoms with Crippen molar-refractivity contribution in [1.29, 1.82) is 0 Å².